The molecule has 1 heterocycles. The normalized spacial score (nSPS) is 26.6. The van der Waals surface area contributed by atoms with Gasteiger partial charge in [-0.15, -0.1) is 0 Å². The van der Waals surface area contributed by atoms with Crippen LogP contribution >= 0.6 is 0 Å². The van der Waals surface area contributed by atoms with Crippen LogP contribution in [0.15, 0.2) is 0 Å². The molecule has 120 valence electrons. The molecule has 1 saturated carbocycles. The maximum absolute atomic E-state index is 12.7. The van der Waals surface area contributed by atoms with Gasteiger partial charge in [0.05, 0.1) is 6.42 Å². The highest BCUT2D eigenvalue weighted by molar-refractivity contribution is 5.78. The minimum atomic E-state index is -0.767. The van der Waals surface area contributed by atoms with E-state index in [4.69, 9.17) is 0 Å². The Balaban J connectivity index is 2.02. The Morgan fingerprint density at radius 3 is 2.38 bits per heavy atom. The maximum atomic E-state index is 12.7. The lowest BCUT2D eigenvalue weighted by Gasteiger charge is -2.42. The van der Waals surface area contributed by atoms with Crippen molar-refractivity contribution < 1.29 is 14.7 Å². The molecule has 0 spiro atoms. The van der Waals surface area contributed by atoms with E-state index >= 15 is 0 Å². The lowest BCUT2D eigenvalue weighted by Crippen LogP contribution is -2.53. The molecular weight excluding hydrogens is 268 g/mol. The van der Waals surface area contributed by atoms with E-state index in [1.165, 1.54) is 6.42 Å². The predicted octanol–water partition coefficient (Wildman–Crippen LogP) is 1.96. The smallest absolute Gasteiger partial charge is 0.303 e. The first-order valence-corrected chi connectivity index (χ1v) is 8.12. The minimum Gasteiger partial charge on any atom is -0.481 e. The summed E-state index contributed by atoms with van der Waals surface area (Å²) in [6.45, 7) is 4.65. The molecule has 1 aliphatic heterocycles. The van der Waals surface area contributed by atoms with Gasteiger partial charge in [0.15, 0.2) is 0 Å². The Morgan fingerprint density at radius 2 is 1.81 bits per heavy atom. The monoisotopic (exact) mass is 296 g/mol. The van der Waals surface area contributed by atoms with Gasteiger partial charge in [0.25, 0.3) is 0 Å². The number of amides is 1. The van der Waals surface area contributed by atoms with Gasteiger partial charge in [0, 0.05) is 32.1 Å². The second kappa shape index (κ2) is 6.77. The van der Waals surface area contributed by atoms with Crippen molar-refractivity contribution in [3.63, 3.8) is 0 Å². The minimum absolute atomic E-state index is 0.140. The quantitative estimate of drug-likeness (QED) is 0.861. The lowest BCUT2D eigenvalue weighted by atomic mass is 9.69. The molecule has 5 nitrogen and oxygen atoms in total. The summed E-state index contributed by atoms with van der Waals surface area (Å²) >= 11 is 0. The molecule has 0 bridgehead atoms. The molecule has 2 aliphatic rings. The lowest BCUT2D eigenvalue weighted by molar-refractivity contribution is -0.144. The standard InChI is InChI=1S/C16H28N2O3/c1-13-12-17(2)8-9-18(13)14(19)10-16(11-15(20)21)6-4-3-5-7-16/h13H,3-12H2,1-2H3,(H,20,21). The Kier molecular flexibility index (Phi) is 5.25. The Hall–Kier alpha value is -1.10. The Labute approximate surface area is 127 Å². The molecule has 1 atom stereocenters. The zero-order valence-electron chi connectivity index (χ0n) is 13.3. The number of aliphatic carboxylic acids is 1. The second-order valence-corrected chi connectivity index (χ2v) is 7.01. The molecular formula is C16H28N2O3. The number of carboxylic acid groups (broad SMARTS) is 1. The van der Waals surface area contributed by atoms with Crippen molar-refractivity contribution in [1.82, 2.24) is 9.80 Å². The highest BCUT2D eigenvalue weighted by Crippen LogP contribution is 2.42. The average molecular weight is 296 g/mol. The van der Waals surface area contributed by atoms with Crippen molar-refractivity contribution in [1.29, 1.82) is 0 Å². The van der Waals surface area contributed by atoms with Crippen LogP contribution in [0.5, 0.6) is 0 Å². The largest absolute Gasteiger partial charge is 0.481 e. The number of likely N-dealkylation sites (N-methyl/N-ethyl adjacent to an activating group) is 1. The number of hydrogen-bond acceptors (Lipinski definition) is 3. The highest BCUT2D eigenvalue weighted by atomic mass is 16.4. The summed E-state index contributed by atoms with van der Waals surface area (Å²) in [5, 5.41) is 9.21. The first-order chi connectivity index (χ1) is 9.92. The molecule has 2 rings (SSSR count). The fourth-order valence-corrected chi connectivity index (χ4v) is 3.97. The number of rotatable bonds is 4. The van der Waals surface area contributed by atoms with Crippen LogP contribution in [-0.4, -0.2) is 59.5 Å². The second-order valence-electron chi connectivity index (χ2n) is 7.01. The molecule has 0 aromatic heterocycles. The number of carbonyl (C=O) groups is 2. The molecule has 1 aliphatic carbocycles. The molecule has 1 amide bonds. The van der Waals surface area contributed by atoms with Crippen molar-refractivity contribution in [2.24, 2.45) is 5.41 Å². The first kappa shape index (κ1) is 16.3. The van der Waals surface area contributed by atoms with E-state index in [0.717, 1.165) is 45.3 Å². The summed E-state index contributed by atoms with van der Waals surface area (Å²) < 4.78 is 0. The van der Waals surface area contributed by atoms with Crippen molar-refractivity contribution in [2.75, 3.05) is 26.7 Å². The van der Waals surface area contributed by atoms with Gasteiger partial charge in [-0.1, -0.05) is 19.3 Å². The number of piperazine rings is 1. The van der Waals surface area contributed by atoms with Gasteiger partial charge in [0.2, 0.25) is 5.91 Å². The molecule has 1 N–H and O–H groups in total. The summed E-state index contributed by atoms with van der Waals surface area (Å²) in [4.78, 5) is 28.1. The Morgan fingerprint density at radius 1 is 1.14 bits per heavy atom. The van der Waals surface area contributed by atoms with Crippen LogP contribution < -0.4 is 0 Å². The third kappa shape index (κ3) is 4.19. The van der Waals surface area contributed by atoms with E-state index in [1.54, 1.807) is 0 Å². The molecule has 1 saturated heterocycles. The van der Waals surface area contributed by atoms with Crippen molar-refractivity contribution in [2.45, 2.75) is 57.9 Å². The van der Waals surface area contributed by atoms with E-state index in [9.17, 15) is 14.7 Å². The molecule has 0 aromatic rings. The van der Waals surface area contributed by atoms with Gasteiger partial charge in [-0.2, -0.15) is 0 Å². The molecule has 0 radical (unpaired) electrons. The molecule has 0 aromatic carbocycles. The number of hydrogen-bond donors (Lipinski definition) is 1. The third-order valence-corrected chi connectivity index (χ3v) is 5.12. The summed E-state index contributed by atoms with van der Waals surface area (Å²) in [6, 6.07) is 0.224. The summed E-state index contributed by atoms with van der Waals surface area (Å²) in [7, 11) is 2.07. The van der Waals surface area contributed by atoms with Crippen LogP contribution in [-0.2, 0) is 9.59 Å². The number of carboxylic acids is 1. The highest BCUT2D eigenvalue weighted by Gasteiger charge is 2.38. The fourth-order valence-electron chi connectivity index (χ4n) is 3.97. The van der Waals surface area contributed by atoms with Crippen molar-refractivity contribution >= 4 is 11.9 Å². The van der Waals surface area contributed by atoms with Gasteiger partial charge >= 0.3 is 5.97 Å². The third-order valence-electron chi connectivity index (χ3n) is 5.12. The predicted molar refractivity (Wildman–Crippen MR) is 81.1 cm³/mol. The van der Waals surface area contributed by atoms with Crippen molar-refractivity contribution in [3.05, 3.63) is 0 Å². The van der Waals surface area contributed by atoms with E-state index in [-0.39, 0.29) is 23.8 Å². The van der Waals surface area contributed by atoms with Gasteiger partial charge < -0.3 is 14.9 Å². The van der Waals surface area contributed by atoms with Gasteiger partial charge in [-0.05, 0) is 32.2 Å². The van der Waals surface area contributed by atoms with Crippen molar-refractivity contribution in [3.8, 4) is 0 Å². The van der Waals surface area contributed by atoms with Gasteiger partial charge in [-0.3, -0.25) is 9.59 Å². The zero-order chi connectivity index (χ0) is 15.5. The van der Waals surface area contributed by atoms with Crippen LogP contribution in [0.3, 0.4) is 0 Å². The van der Waals surface area contributed by atoms with Crippen LogP contribution in [0.25, 0.3) is 0 Å². The van der Waals surface area contributed by atoms with Crippen LogP contribution in [0.1, 0.15) is 51.9 Å². The topological polar surface area (TPSA) is 60.9 Å². The molecule has 5 heteroatoms. The van der Waals surface area contributed by atoms with Crippen LogP contribution in [0.2, 0.25) is 0 Å². The van der Waals surface area contributed by atoms with E-state index in [2.05, 4.69) is 18.9 Å². The number of carbonyl (C=O) groups excluding carboxylic acids is 1. The summed E-state index contributed by atoms with van der Waals surface area (Å²) in [5.41, 5.74) is -0.301. The summed E-state index contributed by atoms with van der Waals surface area (Å²) in [5.74, 6) is -0.616. The SMILES string of the molecule is CC1CN(C)CCN1C(=O)CC1(CC(=O)O)CCCCC1. The van der Waals surface area contributed by atoms with Crippen LogP contribution in [0.4, 0.5) is 0 Å². The van der Waals surface area contributed by atoms with Gasteiger partial charge in [-0.25, -0.2) is 0 Å². The van der Waals surface area contributed by atoms with E-state index < -0.39 is 5.97 Å². The zero-order valence-corrected chi connectivity index (χ0v) is 13.3. The molecule has 1 unspecified atom stereocenters. The average Bonchev–Trinajstić information content (AvgIpc) is 2.38. The van der Waals surface area contributed by atoms with Gasteiger partial charge in [0.1, 0.15) is 0 Å². The van der Waals surface area contributed by atoms with E-state index in [0.29, 0.717) is 6.42 Å². The van der Waals surface area contributed by atoms with Crippen LogP contribution in [0, 0.1) is 5.41 Å². The molecule has 2 fully saturated rings. The number of nitrogens with zero attached hydrogens (tertiary/aromatic N) is 2. The van der Waals surface area contributed by atoms with E-state index in [1.807, 2.05) is 4.90 Å². The summed E-state index contributed by atoms with van der Waals surface area (Å²) in [6.07, 6.45) is 5.59. The fraction of sp³-hybridized carbons (Fsp3) is 0.875. The first-order valence-electron chi connectivity index (χ1n) is 8.12. The maximum Gasteiger partial charge on any atom is 0.303 e. The molecule has 21 heavy (non-hydrogen) atoms. The Bertz CT molecular complexity index is 391.